The first-order chi connectivity index (χ1) is 9.33. The molecule has 0 fully saturated rings. The molecule has 2 aromatic carbocycles. The third-order valence-corrected chi connectivity index (χ3v) is 3.32. The maximum absolute atomic E-state index is 4.08. The number of benzene rings is 2. The number of hydrogen-bond donors (Lipinski definition) is 1. The van der Waals surface area contributed by atoms with Crippen molar-refractivity contribution in [3.63, 3.8) is 0 Å². The molecule has 0 aliphatic heterocycles. The molecule has 1 heterocycles. The maximum atomic E-state index is 4.08. The monoisotopic (exact) mass is 248 g/mol. The van der Waals surface area contributed by atoms with E-state index in [1.165, 1.54) is 22.3 Å². The van der Waals surface area contributed by atoms with Gasteiger partial charge in [-0.2, -0.15) is 0 Å². The van der Waals surface area contributed by atoms with E-state index in [1.807, 2.05) is 6.20 Å². The predicted octanol–water partition coefficient (Wildman–Crippen LogP) is 3.98. The van der Waals surface area contributed by atoms with Gasteiger partial charge in [0.1, 0.15) is 0 Å². The lowest BCUT2D eigenvalue weighted by atomic mass is 9.96. The van der Waals surface area contributed by atoms with Gasteiger partial charge in [-0.15, -0.1) is 0 Å². The number of nitrogens with one attached hydrogen (secondary N) is 1. The molecule has 0 atom stereocenters. The Morgan fingerprint density at radius 3 is 2.53 bits per heavy atom. The lowest BCUT2D eigenvalue weighted by Crippen LogP contribution is -1.92. The first-order valence-electron chi connectivity index (χ1n) is 6.45. The van der Waals surface area contributed by atoms with Crippen molar-refractivity contribution < 1.29 is 0 Å². The van der Waals surface area contributed by atoms with E-state index in [2.05, 4.69) is 65.4 Å². The number of aromatic nitrogens is 2. The van der Waals surface area contributed by atoms with Gasteiger partial charge in [-0.1, -0.05) is 54.1 Å². The third kappa shape index (κ3) is 2.58. The van der Waals surface area contributed by atoms with Crippen LogP contribution in [0.4, 0.5) is 0 Å². The molecule has 3 rings (SSSR count). The molecule has 0 unspecified atom stereocenters. The largest absolute Gasteiger partial charge is 0.348 e. The second kappa shape index (κ2) is 5.11. The van der Waals surface area contributed by atoms with Crippen LogP contribution in [-0.4, -0.2) is 9.97 Å². The van der Waals surface area contributed by atoms with Crippen LogP contribution in [0.5, 0.6) is 0 Å². The Morgan fingerprint density at radius 1 is 1.00 bits per heavy atom. The Balaban J connectivity index is 1.99. The summed E-state index contributed by atoms with van der Waals surface area (Å²) in [5, 5.41) is 0. The normalized spacial score (nSPS) is 10.6. The first kappa shape index (κ1) is 11.7. The predicted molar refractivity (Wildman–Crippen MR) is 78.0 cm³/mol. The first-order valence-corrected chi connectivity index (χ1v) is 6.45. The number of hydrogen-bond acceptors (Lipinski definition) is 1. The van der Waals surface area contributed by atoms with Crippen molar-refractivity contribution in [3.8, 4) is 11.1 Å². The van der Waals surface area contributed by atoms with Gasteiger partial charge in [0.15, 0.2) is 0 Å². The van der Waals surface area contributed by atoms with Crippen LogP contribution in [0.15, 0.2) is 61.1 Å². The summed E-state index contributed by atoms with van der Waals surface area (Å²) < 4.78 is 0. The summed E-state index contributed by atoms with van der Waals surface area (Å²) >= 11 is 0. The third-order valence-electron chi connectivity index (χ3n) is 3.32. The fourth-order valence-electron chi connectivity index (χ4n) is 2.28. The van der Waals surface area contributed by atoms with E-state index in [0.29, 0.717) is 0 Å². The minimum absolute atomic E-state index is 0.879. The molecule has 0 amide bonds. The van der Waals surface area contributed by atoms with Crippen LogP contribution in [-0.2, 0) is 6.42 Å². The Hall–Kier alpha value is -2.35. The zero-order chi connectivity index (χ0) is 13.1. The second-order valence-corrected chi connectivity index (χ2v) is 4.78. The van der Waals surface area contributed by atoms with Gasteiger partial charge in [-0.3, -0.25) is 0 Å². The number of aromatic amines is 1. The molecule has 0 radical (unpaired) electrons. The number of rotatable bonds is 3. The maximum Gasteiger partial charge on any atom is 0.0921 e. The summed E-state index contributed by atoms with van der Waals surface area (Å²) in [5.74, 6) is 0. The van der Waals surface area contributed by atoms with Gasteiger partial charge in [0.2, 0.25) is 0 Å². The van der Waals surface area contributed by atoms with Gasteiger partial charge in [0.05, 0.1) is 6.33 Å². The van der Waals surface area contributed by atoms with Crippen LogP contribution in [0.2, 0.25) is 0 Å². The average Bonchev–Trinajstić information content (AvgIpc) is 2.93. The molecule has 0 saturated heterocycles. The topological polar surface area (TPSA) is 28.7 Å². The molecule has 3 aromatic rings. The molecular formula is C17H16N2. The van der Waals surface area contributed by atoms with E-state index >= 15 is 0 Å². The van der Waals surface area contributed by atoms with Crippen LogP contribution in [0, 0.1) is 6.92 Å². The van der Waals surface area contributed by atoms with Crippen molar-refractivity contribution in [3.05, 3.63) is 77.9 Å². The molecule has 0 aliphatic rings. The highest BCUT2D eigenvalue weighted by molar-refractivity contribution is 5.68. The zero-order valence-electron chi connectivity index (χ0n) is 10.9. The van der Waals surface area contributed by atoms with Gasteiger partial charge in [0.25, 0.3) is 0 Å². The molecule has 1 N–H and O–H groups in total. The molecule has 0 bridgehead atoms. The molecule has 94 valence electrons. The van der Waals surface area contributed by atoms with E-state index in [1.54, 1.807) is 6.33 Å². The van der Waals surface area contributed by atoms with Gasteiger partial charge in [0, 0.05) is 18.3 Å². The molecule has 0 aliphatic carbocycles. The van der Waals surface area contributed by atoms with E-state index in [-0.39, 0.29) is 0 Å². The van der Waals surface area contributed by atoms with E-state index in [9.17, 15) is 0 Å². The van der Waals surface area contributed by atoms with Gasteiger partial charge in [-0.25, -0.2) is 4.98 Å². The molecule has 1 aromatic heterocycles. The number of H-pyrrole nitrogens is 1. The minimum atomic E-state index is 0.879. The summed E-state index contributed by atoms with van der Waals surface area (Å²) in [7, 11) is 0. The zero-order valence-corrected chi connectivity index (χ0v) is 10.9. The van der Waals surface area contributed by atoms with E-state index < -0.39 is 0 Å². The van der Waals surface area contributed by atoms with Gasteiger partial charge < -0.3 is 4.98 Å². The molecule has 0 spiro atoms. The summed E-state index contributed by atoms with van der Waals surface area (Å²) in [6.07, 6.45) is 4.49. The van der Waals surface area contributed by atoms with Crippen LogP contribution in [0.25, 0.3) is 11.1 Å². The van der Waals surface area contributed by atoms with Crippen molar-refractivity contribution in [2.45, 2.75) is 13.3 Å². The highest BCUT2D eigenvalue weighted by Gasteiger charge is 2.05. The highest BCUT2D eigenvalue weighted by Crippen LogP contribution is 2.25. The number of aryl methyl sites for hydroxylation is 1. The van der Waals surface area contributed by atoms with E-state index in [0.717, 1.165) is 12.1 Å². The van der Waals surface area contributed by atoms with Crippen LogP contribution < -0.4 is 0 Å². The SMILES string of the molecule is Cc1ccc(-c2ccccc2Cc2cnc[nH]2)cc1. The Labute approximate surface area is 113 Å². The summed E-state index contributed by atoms with van der Waals surface area (Å²) in [6, 6.07) is 17.2. The Kier molecular flexibility index (Phi) is 3.15. The van der Waals surface area contributed by atoms with Crippen molar-refractivity contribution in [1.82, 2.24) is 9.97 Å². The van der Waals surface area contributed by atoms with Crippen LogP contribution in [0.3, 0.4) is 0 Å². The van der Waals surface area contributed by atoms with Crippen molar-refractivity contribution in [2.75, 3.05) is 0 Å². The lowest BCUT2D eigenvalue weighted by Gasteiger charge is -2.09. The molecule has 2 heteroatoms. The number of nitrogens with zero attached hydrogens (tertiary/aromatic N) is 1. The summed E-state index contributed by atoms with van der Waals surface area (Å²) in [4.78, 5) is 7.24. The van der Waals surface area contributed by atoms with Gasteiger partial charge >= 0.3 is 0 Å². The average molecular weight is 248 g/mol. The van der Waals surface area contributed by atoms with Crippen LogP contribution in [0.1, 0.15) is 16.8 Å². The standard InChI is InChI=1S/C17H16N2/c1-13-6-8-14(9-7-13)17-5-3-2-4-15(17)10-16-11-18-12-19-16/h2-9,11-12H,10H2,1H3,(H,18,19). The van der Waals surface area contributed by atoms with Crippen LogP contribution >= 0.6 is 0 Å². The molecule has 0 saturated carbocycles. The van der Waals surface area contributed by atoms with Crippen molar-refractivity contribution in [2.24, 2.45) is 0 Å². The minimum Gasteiger partial charge on any atom is -0.348 e. The Morgan fingerprint density at radius 2 is 1.79 bits per heavy atom. The van der Waals surface area contributed by atoms with E-state index in [4.69, 9.17) is 0 Å². The number of imidazole rings is 1. The fraction of sp³-hybridized carbons (Fsp3) is 0.118. The molecule has 2 nitrogen and oxygen atoms in total. The molecule has 19 heavy (non-hydrogen) atoms. The fourth-order valence-corrected chi connectivity index (χ4v) is 2.28. The highest BCUT2D eigenvalue weighted by atomic mass is 14.9. The smallest absolute Gasteiger partial charge is 0.0921 e. The lowest BCUT2D eigenvalue weighted by molar-refractivity contribution is 1.11. The van der Waals surface area contributed by atoms with Crippen molar-refractivity contribution in [1.29, 1.82) is 0 Å². The Bertz CT molecular complexity index is 652. The summed E-state index contributed by atoms with van der Waals surface area (Å²) in [6.45, 7) is 2.11. The second-order valence-electron chi connectivity index (χ2n) is 4.78. The van der Waals surface area contributed by atoms with Gasteiger partial charge in [-0.05, 0) is 23.6 Å². The summed E-state index contributed by atoms with van der Waals surface area (Å²) in [5.41, 5.74) is 6.29. The quantitative estimate of drug-likeness (QED) is 0.746. The molecular weight excluding hydrogens is 232 g/mol. The van der Waals surface area contributed by atoms with Crippen molar-refractivity contribution >= 4 is 0 Å².